The Balaban J connectivity index is 1.87. The molecule has 0 spiro atoms. The highest BCUT2D eigenvalue weighted by molar-refractivity contribution is 6.35. The smallest absolute Gasteiger partial charge is 0.268 e. The van der Waals surface area contributed by atoms with E-state index in [-0.39, 0.29) is 5.91 Å². The molecule has 20 heavy (non-hydrogen) atoms. The Kier molecular flexibility index (Phi) is 3.70. The van der Waals surface area contributed by atoms with Crippen molar-refractivity contribution in [2.24, 2.45) is 7.05 Å². The molecule has 0 radical (unpaired) electrons. The number of rotatable bonds is 2. The summed E-state index contributed by atoms with van der Waals surface area (Å²) in [4.78, 5) is 12.4. The number of aromatic nitrogens is 1. The third-order valence-corrected chi connectivity index (χ3v) is 4.54. The summed E-state index contributed by atoms with van der Waals surface area (Å²) in [6, 6.07) is 7.96. The van der Waals surface area contributed by atoms with E-state index in [4.69, 9.17) is 11.6 Å². The molecule has 3 nitrogen and oxygen atoms in total. The molecule has 1 saturated carbocycles. The topological polar surface area (TPSA) is 34.0 Å². The molecule has 2 aromatic rings. The lowest BCUT2D eigenvalue weighted by Crippen LogP contribution is -2.36. The van der Waals surface area contributed by atoms with E-state index >= 15 is 0 Å². The van der Waals surface area contributed by atoms with Crippen LogP contribution in [-0.4, -0.2) is 16.5 Å². The highest BCUT2D eigenvalue weighted by Crippen LogP contribution is 2.26. The van der Waals surface area contributed by atoms with E-state index in [0.29, 0.717) is 16.8 Å². The van der Waals surface area contributed by atoms with E-state index < -0.39 is 0 Å². The first-order valence-corrected chi connectivity index (χ1v) is 7.59. The number of benzene rings is 1. The van der Waals surface area contributed by atoms with Crippen LogP contribution in [0.3, 0.4) is 0 Å². The van der Waals surface area contributed by atoms with Crippen molar-refractivity contribution in [3.8, 4) is 0 Å². The number of aryl methyl sites for hydroxylation is 1. The third kappa shape index (κ3) is 2.42. The van der Waals surface area contributed by atoms with Gasteiger partial charge in [0.05, 0.1) is 0 Å². The van der Waals surface area contributed by atoms with Gasteiger partial charge in [-0.3, -0.25) is 4.79 Å². The lowest BCUT2D eigenvalue weighted by Gasteiger charge is -2.22. The molecule has 0 atom stereocenters. The minimum Gasteiger partial charge on any atom is -0.348 e. The zero-order valence-corrected chi connectivity index (χ0v) is 12.4. The van der Waals surface area contributed by atoms with Crippen LogP contribution >= 0.6 is 11.6 Å². The predicted molar refractivity (Wildman–Crippen MR) is 82.3 cm³/mol. The first-order valence-electron chi connectivity index (χ1n) is 7.21. The summed E-state index contributed by atoms with van der Waals surface area (Å²) in [6.45, 7) is 0. The Hall–Kier alpha value is -1.48. The molecule has 1 heterocycles. The van der Waals surface area contributed by atoms with Crippen LogP contribution in [0, 0.1) is 0 Å². The van der Waals surface area contributed by atoms with E-state index in [1.165, 1.54) is 19.3 Å². The molecule has 1 fully saturated rings. The Labute approximate surface area is 123 Å². The second kappa shape index (κ2) is 5.49. The summed E-state index contributed by atoms with van der Waals surface area (Å²) < 4.78 is 1.92. The van der Waals surface area contributed by atoms with Crippen LogP contribution in [0.4, 0.5) is 0 Å². The standard InChI is InChI=1S/C16H19ClN2O/c1-19-14-9-5-8-13(17)12(14)10-15(19)16(20)18-11-6-3-2-4-7-11/h5,8-11H,2-4,6-7H2,1H3,(H,18,20). The number of amides is 1. The van der Waals surface area contributed by atoms with Crippen molar-refractivity contribution in [2.45, 2.75) is 38.1 Å². The van der Waals surface area contributed by atoms with Crippen molar-refractivity contribution in [1.82, 2.24) is 9.88 Å². The van der Waals surface area contributed by atoms with Crippen molar-refractivity contribution >= 4 is 28.4 Å². The van der Waals surface area contributed by atoms with E-state index in [0.717, 1.165) is 23.7 Å². The summed E-state index contributed by atoms with van der Waals surface area (Å²) in [5, 5.41) is 4.78. The Bertz CT molecular complexity index is 641. The highest BCUT2D eigenvalue weighted by Gasteiger charge is 2.19. The molecule has 1 amide bonds. The number of fused-ring (bicyclic) bond motifs is 1. The Morgan fingerprint density at radius 3 is 2.75 bits per heavy atom. The molecule has 0 unspecified atom stereocenters. The summed E-state index contributed by atoms with van der Waals surface area (Å²) >= 11 is 6.19. The minimum absolute atomic E-state index is 0.00617. The first-order chi connectivity index (χ1) is 9.66. The van der Waals surface area contributed by atoms with Crippen LogP contribution < -0.4 is 5.32 Å². The second-order valence-corrected chi connectivity index (χ2v) is 5.98. The molecule has 0 aliphatic heterocycles. The van der Waals surface area contributed by atoms with Gasteiger partial charge in [-0.15, -0.1) is 0 Å². The van der Waals surface area contributed by atoms with Crippen molar-refractivity contribution in [1.29, 1.82) is 0 Å². The minimum atomic E-state index is 0.00617. The predicted octanol–water partition coefficient (Wildman–Crippen LogP) is 3.89. The fraction of sp³-hybridized carbons (Fsp3) is 0.438. The average Bonchev–Trinajstić information content (AvgIpc) is 2.79. The lowest BCUT2D eigenvalue weighted by molar-refractivity contribution is 0.0920. The molecule has 1 aromatic heterocycles. The van der Waals surface area contributed by atoms with Crippen LogP contribution in [0.5, 0.6) is 0 Å². The number of hydrogen-bond acceptors (Lipinski definition) is 1. The third-order valence-electron chi connectivity index (χ3n) is 4.21. The molecule has 3 rings (SSSR count). The van der Waals surface area contributed by atoms with Gasteiger partial charge in [-0.2, -0.15) is 0 Å². The summed E-state index contributed by atoms with van der Waals surface area (Å²) in [7, 11) is 1.91. The SMILES string of the molecule is Cn1c(C(=O)NC2CCCCC2)cc2c(Cl)cccc21. The van der Waals surface area contributed by atoms with Crippen LogP contribution in [0.25, 0.3) is 10.9 Å². The maximum Gasteiger partial charge on any atom is 0.268 e. The molecular weight excluding hydrogens is 272 g/mol. The van der Waals surface area contributed by atoms with Crippen LogP contribution in [0.1, 0.15) is 42.6 Å². The highest BCUT2D eigenvalue weighted by atomic mass is 35.5. The Morgan fingerprint density at radius 1 is 1.30 bits per heavy atom. The van der Waals surface area contributed by atoms with Gasteiger partial charge in [-0.1, -0.05) is 36.9 Å². The molecule has 1 aromatic carbocycles. The zero-order valence-electron chi connectivity index (χ0n) is 11.7. The van der Waals surface area contributed by atoms with Crippen molar-refractivity contribution in [2.75, 3.05) is 0 Å². The largest absolute Gasteiger partial charge is 0.348 e. The molecule has 1 aliphatic rings. The molecule has 0 bridgehead atoms. The summed E-state index contributed by atoms with van der Waals surface area (Å²) in [5.74, 6) is 0.00617. The number of halogens is 1. The maximum atomic E-state index is 12.4. The lowest BCUT2D eigenvalue weighted by atomic mass is 9.95. The molecule has 1 aliphatic carbocycles. The van der Waals surface area contributed by atoms with Gasteiger partial charge in [0.2, 0.25) is 0 Å². The Morgan fingerprint density at radius 2 is 2.05 bits per heavy atom. The van der Waals surface area contributed by atoms with Gasteiger partial charge >= 0.3 is 0 Å². The van der Waals surface area contributed by atoms with Gasteiger partial charge in [0.1, 0.15) is 5.69 Å². The van der Waals surface area contributed by atoms with Gasteiger partial charge in [-0.05, 0) is 31.0 Å². The van der Waals surface area contributed by atoms with Crippen molar-refractivity contribution in [3.63, 3.8) is 0 Å². The van der Waals surface area contributed by atoms with Gasteiger partial charge in [0, 0.05) is 29.0 Å². The molecule has 4 heteroatoms. The number of hydrogen-bond donors (Lipinski definition) is 1. The van der Waals surface area contributed by atoms with Crippen LogP contribution in [0.15, 0.2) is 24.3 Å². The van der Waals surface area contributed by atoms with Crippen molar-refractivity contribution < 1.29 is 4.79 Å². The number of carbonyl (C=O) groups excluding carboxylic acids is 1. The van der Waals surface area contributed by atoms with Gasteiger partial charge in [0.15, 0.2) is 0 Å². The van der Waals surface area contributed by atoms with E-state index in [2.05, 4.69) is 5.32 Å². The number of nitrogens with one attached hydrogen (secondary N) is 1. The quantitative estimate of drug-likeness (QED) is 0.894. The fourth-order valence-corrected chi connectivity index (χ4v) is 3.27. The summed E-state index contributed by atoms with van der Waals surface area (Å²) in [6.07, 6.45) is 5.90. The second-order valence-electron chi connectivity index (χ2n) is 5.57. The summed E-state index contributed by atoms with van der Waals surface area (Å²) in [5.41, 5.74) is 1.67. The maximum absolute atomic E-state index is 12.4. The fourth-order valence-electron chi connectivity index (χ4n) is 3.05. The van der Waals surface area contributed by atoms with Crippen LogP contribution in [0.2, 0.25) is 5.02 Å². The van der Waals surface area contributed by atoms with Gasteiger partial charge in [-0.25, -0.2) is 0 Å². The normalized spacial score (nSPS) is 16.5. The number of nitrogens with zero attached hydrogens (tertiary/aromatic N) is 1. The van der Waals surface area contributed by atoms with Crippen LogP contribution in [-0.2, 0) is 7.05 Å². The molecule has 106 valence electrons. The van der Waals surface area contributed by atoms with E-state index in [1.54, 1.807) is 0 Å². The van der Waals surface area contributed by atoms with E-state index in [9.17, 15) is 4.79 Å². The monoisotopic (exact) mass is 290 g/mol. The zero-order chi connectivity index (χ0) is 14.1. The molecule has 1 N–H and O–H groups in total. The first kappa shape index (κ1) is 13.5. The number of carbonyl (C=O) groups is 1. The van der Waals surface area contributed by atoms with Gasteiger partial charge in [0.25, 0.3) is 5.91 Å². The average molecular weight is 291 g/mol. The molecule has 0 saturated heterocycles. The van der Waals surface area contributed by atoms with Gasteiger partial charge < -0.3 is 9.88 Å². The van der Waals surface area contributed by atoms with Crippen molar-refractivity contribution in [3.05, 3.63) is 35.0 Å². The van der Waals surface area contributed by atoms with E-state index in [1.807, 2.05) is 35.9 Å². The molecular formula is C16H19ClN2O.